The summed E-state index contributed by atoms with van der Waals surface area (Å²) in [5.74, 6) is 1.14. The van der Waals surface area contributed by atoms with Crippen molar-refractivity contribution < 1.29 is 14.3 Å². The van der Waals surface area contributed by atoms with E-state index in [1.54, 1.807) is 13.3 Å². The van der Waals surface area contributed by atoms with Crippen molar-refractivity contribution in [1.82, 2.24) is 20.3 Å². The molecule has 1 aliphatic heterocycles. The number of amides is 1. The van der Waals surface area contributed by atoms with Gasteiger partial charge in [-0.1, -0.05) is 34.1 Å². The number of hydrogen-bond acceptors (Lipinski definition) is 7. The van der Waals surface area contributed by atoms with E-state index in [0.717, 1.165) is 40.1 Å². The largest absolute Gasteiger partial charge is 0.497 e. The summed E-state index contributed by atoms with van der Waals surface area (Å²) in [6.07, 6.45) is 4.10. The van der Waals surface area contributed by atoms with Gasteiger partial charge in [-0.05, 0) is 60.0 Å². The van der Waals surface area contributed by atoms with Gasteiger partial charge in [0, 0.05) is 29.1 Å². The summed E-state index contributed by atoms with van der Waals surface area (Å²) >= 11 is 3.53. The molecule has 8 nitrogen and oxygen atoms in total. The zero-order valence-corrected chi connectivity index (χ0v) is 21.2. The van der Waals surface area contributed by atoms with Gasteiger partial charge >= 0.3 is 0 Å². The summed E-state index contributed by atoms with van der Waals surface area (Å²) in [5.41, 5.74) is 4.20. The smallest absolute Gasteiger partial charge is 0.258 e. The number of halogens is 1. The maximum absolute atomic E-state index is 13.1. The number of fused-ring (bicyclic) bond motifs is 1. The van der Waals surface area contributed by atoms with Crippen LogP contribution in [-0.4, -0.2) is 34.5 Å². The molecule has 0 aliphatic carbocycles. The highest BCUT2D eigenvalue weighted by Crippen LogP contribution is 2.35. The number of aromatic nitrogens is 3. The Bertz CT molecular complexity index is 1370. The van der Waals surface area contributed by atoms with Crippen LogP contribution in [0.15, 0.2) is 77.5 Å². The molecule has 4 aromatic rings. The van der Waals surface area contributed by atoms with Crippen LogP contribution < -0.4 is 19.7 Å². The van der Waals surface area contributed by atoms with Crippen molar-refractivity contribution in [2.75, 3.05) is 18.6 Å². The average molecular weight is 546 g/mol. The van der Waals surface area contributed by atoms with Crippen LogP contribution >= 0.6 is 15.9 Å². The minimum absolute atomic E-state index is 0.222. The molecule has 9 heteroatoms. The highest BCUT2D eigenvalue weighted by atomic mass is 79.9. The van der Waals surface area contributed by atoms with Gasteiger partial charge in [-0.2, -0.15) is 4.98 Å². The van der Waals surface area contributed by atoms with Crippen molar-refractivity contribution in [3.05, 3.63) is 99.9 Å². The molecule has 182 valence electrons. The van der Waals surface area contributed by atoms with Crippen LogP contribution in [0.1, 0.15) is 27.2 Å². The summed E-state index contributed by atoms with van der Waals surface area (Å²) in [4.78, 5) is 28.6. The molecular weight excluding hydrogens is 522 g/mol. The van der Waals surface area contributed by atoms with E-state index in [9.17, 15) is 4.79 Å². The zero-order valence-electron chi connectivity index (χ0n) is 19.6. The Labute approximate surface area is 217 Å². The first-order valence-electron chi connectivity index (χ1n) is 11.5. The predicted octanol–water partition coefficient (Wildman–Crippen LogP) is 4.85. The van der Waals surface area contributed by atoms with Crippen molar-refractivity contribution in [2.45, 2.75) is 19.6 Å². The number of ether oxygens (including phenoxy) is 2. The Morgan fingerprint density at radius 3 is 2.75 bits per heavy atom. The van der Waals surface area contributed by atoms with Gasteiger partial charge < -0.3 is 19.7 Å². The quantitative estimate of drug-likeness (QED) is 0.338. The molecule has 2 aromatic heterocycles. The summed E-state index contributed by atoms with van der Waals surface area (Å²) in [7, 11) is 1.62. The van der Waals surface area contributed by atoms with Crippen molar-refractivity contribution in [1.29, 1.82) is 0 Å². The monoisotopic (exact) mass is 545 g/mol. The summed E-state index contributed by atoms with van der Waals surface area (Å²) in [5, 5.41) is 2.88. The minimum atomic E-state index is -0.331. The first kappa shape index (κ1) is 23.7. The van der Waals surface area contributed by atoms with E-state index in [1.165, 1.54) is 11.8 Å². The maximum Gasteiger partial charge on any atom is 0.258 e. The molecule has 36 heavy (non-hydrogen) atoms. The van der Waals surface area contributed by atoms with Crippen LogP contribution in [0.5, 0.6) is 11.6 Å². The SMILES string of the molecule is COc1ccc(COc2nc(N3CCc4cc(Br)ccc43)ncc2C(=O)NCc2ccccn2)cc1. The van der Waals surface area contributed by atoms with E-state index in [4.69, 9.17) is 9.47 Å². The molecule has 2 aromatic carbocycles. The maximum atomic E-state index is 13.1. The van der Waals surface area contributed by atoms with Crippen LogP contribution in [0.3, 0.4) is 0 Å². The molecular formula is C27H24BrN5O3. The molecule has 1 N–H and O–H groups in total. The number of nitrogens with zero attached hydrogens (tertiary/aromatic N) is 4. The molecule has 0 unspecified atom stereocenters. The van der Waals surface area contributed by atoms with Crippen LogP contribution in [0, 0.1) is 0 Å². The minimum Gasteiger partial charge on any atom is -0.497 e. The Hall–Kier alpha value is -3.98. The van der Waals surface area contributed by atoms with Crippen molar-refractivity contribution in [3.63, 3.8) is 0 Å². The number of methoxy groups -OCH3 is 1. The third-order valence-electron chi connectivity index (χ3n) is 5.86. The van der Waals surface area contributed by atoms with Gasteiger partial charge in [0.25, 0.3) is 5.91 Å². The van der Waals surface area contributed by atoms with Gasteiger partial charge in [0.15, 0.2) is 0 Å². The first-order chi connectivity index (χ1) is 17.6. The van der Waals surface area contributed by atoms with Crippen LogP contribution in [0.4, 0.5) is 11.6 Å². The molecule has 0 bridgehead atoms. The van der Waals surface area contributed by atoms with E-state index >= 15 is 0 Å². The lowest BCUT2D eigenvalue weighted by atomic mass is 10.2. The fraction of sp³-hybridized carbons (Fsp3) is 0.185. The Balaban J connectivity index is 1.41. The molecule has 0 spiro atoms. The molecule has 0 atom stereocenters. The van der Waals surface area contributed by atoms with Crippen molar-refractivity contribution >= 4 is 33.5 Å². The highest BCUT2D eigenvalue weighted by Gasteiger charge is 2.25. The van der Waals surface area contributed by atoms with Crippen molar-refractivity contribution in [3.8, 4) is 11.6 Å². The van der Waals surface area contributed by atoms with Gasteiger partial charge in [-0.25, -0.2) is 4.98 Å². The number of benzene rings is 2. The molecule has 0 saturated carbocycles. The van der Waals surface area contributed by atoms with Crippen LogP contribution in [0.25, 0.3) is 0 Å². The molecule has 1 aliphatic rings. The third kappa shape index (κ3) is 5.31. The number of carbonyl (C=O) groups excluding carboxylic acids is 1. The van der Waals surface area contributed by atoms with E-state index in [0.29, 0.717) is 5.95 Å². The lowest BCUT2D eigenvalue weighted by Gasteiger charge is -2.19. The predicted molar refractivity (Wildman–Crippen MR) is 140 cm³/mol. The Morgan fingerprint density at radius 2 is 1.97 bits per heavy atom. The van der Waals surface area contributed by atoms with Gasteiger partial charge in [0.1, 0.15) is 17.9 Å². The van der Waals surface area contributed by atoms with Gasteiger partial charge in [-0.3, -0.25) is 9.78 Å². The molecule has 0 saturated heterocycles. The third-order valence-corrected chi connectivity index (χ3v) is 6.35. The Kier molecular flexibility index (Phi) is 7.08. The lowest BCUT2D eigenvalue weighted by molar-refractivity contribution is 0.0944. The van der Waals surface area contributed by atoms with Crippen molar-refractivity contribution in [2.24, 2.45) is 0 Å². The highest BCUT2D eigenvalue weighted by molar-refractivity contribution is 9.10. The number of hydrogen-bond donors (Lipinski definition) is 1. The molecule has 1 amide bonds. The molecule has 3 heterocycles. The lowest BCUT2D eigenvalue weighted by Crippen LogP contribution is -2.25. The van der Waals surface area contributed by atoms with Gasteiger partial charge in [0.2, 0.25) is 11.8 Å². The molecule has 0 fully saturated rings. The Morgan fingerprint density at radius 1 is 1.11 bits per heavy atom. The summed E-state index contributed by atoms with van der Waals surface area (Å²) in [6, 6.07) is 19.3. The van der Waals surface area contributed by atoms with Gasteiger partial charge in [-0.15, -0.1) is 0 Å². The number of anilines is 2. The van der Waals surface area contributed by atoms with Crippen LogP contribution in [-0.2, 0) is 19.6 Å². The number of nitrogens with one attached hydrogen (secondary N) is 1. The molecule has 5 rings (SSSR count). The van der Waals surface area contributed by atoms with E-state index < -0.39 is 0 Å². The number of pyridine rings is 1. The summed E-state index contributed by atoms with van der Waals surface area (Å²) in [6.45, 7) is 1.27. The normalized spacial score (nSPS) is 12.2. The summed E-state index contributed by atoms with van der Waals surface area (Å²) < 4.78 is 12.3. The second kappa shape index (κ2) is 10.7. The standard InChI is InChI=1S/C27H24BrN5O3/c1-35-22-8-5-18(6-9-22)17-36-26-23(25(34)30-15-21-4-2-3-12-29-21)16-31-27(32-26)33-13-11-19-14-20(28)7-10-24(19)33/h2-10,12,14,16H,11,13,15,17H2,1H3,(H,30,34). The fourth-order valence-corrected chi connectivity index (χ4v) is 4.38. The zero-order chi connectivity index (χ0) is 24.9. The van der Waals surface area contributed by atoms with Crippen LogP contribution in [0.2, 0.25) is 0 Å². The number of carbonyl (C=O) groups is 1. The fourth-order valence-electron chi connectivity index (χ4n) is 3.97. The van der Waals surface area contributed by atoms with E-state index in [-0.39, 0.29) is 30.5 Å². The first-order valence-corrected chi connectivity index (χ1v) is 12.3. The molecule has 0 radical (unpaired) electrons. The van der Waals surface area contributed by atoms with E-state index in [2.05, 4.69) is 42.3 Å². The second-order valence-electron chi connectivity index (χ2n) is 8.20. The van der Waals surface area contributed by atoms with Gasteiger partial charge in [0.05, 0.1) is 19.3 Å². The second-order valence-corrected chi connectivity index (χ2v) is 9.12. The number of rotatable bonds is 8. The van der Waals surface area contributed by atoms with E-state index in [1.807, 2.05) is 59.5 Å². The average Bonchev–Trinajstić information content (AvgIpc) is 3.34. The topological polar surface area (TPSA) is 89.5 Å².